The van der Waals surface area contributed by atoms with Gasteiger partial charge in [0.15, 0.2) is 0 Å². The summed E-state index contributed by atoms with van der Waals surface area (Å²) in [4.78, 5) is 14.5. The smallest absolute Gasteiger partial charge is 0.315 e. The molecule has 1 saturated heterocycles. The first kappa shape index (κ1) is 15.9. The summed E-state index contributed by atoms with van der Waals surface area (Å²) >= 11 is 0. The minimum absolute atomic E-state index is 0.0734. The summed E-state index contributed by atoms with van der Waals surface area (Å²) in [6.07, 6.45) is 6.36. The summed E-state index contributed by atoms with van der Waals surface area (Å²) in [6.45, 7) is 5.85. The summed E-state index contributed by atoms with van der Waals surface area (Å²) in [7, 11) is 1.69. The van der Waals surface area contributed by atoms with E-state index in [0.29, 0.717) is 0 Å². The first-order chi connectivity index (χ1) is 11.6. The highest BCUT2D eigenvalue weighted by Gasteiger charge is 2.46. The quantitative estimate of drug-likeness (QED) is 0.896. The van der Waals surface area contributed by atoms with Crippen molar-refractivity contribution >= 4 is 6.03 Å². The molecule has 2 aliphatic carbocycles. The average molecular weight is 327 g/mol. The molecule has 4 nitrogen and oxygen atoms in total. The molecule has 2 N–H and O–H groups in total. The van der Waals surface area contributed by atoms with Crippen molar-refractivity contribution < 1.29 is 4.79 Å². The normalized spacial score (nSPS) is 25.5. The van der Waals surface area contributed by atoms with E-state index < -0.39 is 0 Å². The van der Waals surface area contributed by atoms with Gasteiger partial charge < -0.3 is 15.5 Å². The molecule has 1 aromatic rings. The third-order valence-corrected chi connectivity index (χ3v) is 6.31. The number of amides is 2. The largest absolute Gasteiger partial charge is 0.341 e. The number of nitrogens with one attached hydrogen (secondary N) is 2. The Morgan fingerprint density at radius 2 is 2.04 bits per heavy atom. The van der Waals surface area contributed by atoms with E-state index in [0.717, 1.165) is 12.3 Å². The number of hydrogen-bond acceptors (Lipinski definition) is 2. The Balaban J connectivity index is 1.55. The minimum atomic E-state index is -0.0734. The minimum Gasteiger partial charge on any atom is -0.341 e. The molecule has 1 aliphatic heterocycles. The maximum absolute atomic E-state index is 11.9. The van der Waals surface area contributed by atoms with Crippen LogP contribution in [0, 0.1) is 12.8 Å². The molecule has 1 aromatic carbocycles. The molecule has 1 saturated carbocycles. The number of carbonyl (C=O) groups is 1. The molecule has 1 heterocycles. The molecule has 2 amide bonds. The lowest BCUT2D eigenvalue weighted by Gasteiger charge is -2.40. The number of hydrogen-bond donors (Lipinski definition) is 2. The van der Waals surface area contributed by atoms with Gasteiger partial charge in [-0.2, -0.15) is 0 Å². The topological polar surface area (TPSA) is 44.4 Å². The summed E-state index contributed by atoms with van der Waals surface area (Å²) in [5.74, 6) is 0.972. The highest BCUT2D eigenvalue weighted by atomic mass is 16.2. The van der Waals surface area contributed by atoms with Crippen LogP contribution in [0.1, 0.15) is 54.8 Å². The van der Waals surface area contributed by atoms with Crippen LogP contribution in [0.5, 0.6) is 0 Å². The lowest BCUT2D eigenvalue weighted by Crippen LogP contribution is -2.43. The van der Waals surface area contributed by atoms with Gasteiger partial charge >= 0.3 is 6.03 Å². The molecule has 0 radical (unpaired) electrons. The molecule has 1 spiro atoms. The van der Waals surface area contributed by atoms with Crippen LogP contribution in [-0.2, 0) is 5.41 Å². The molecule has 3 aliphatic rings. The summed E-state index contributed by atoms with van der Waals surface area (Å²) in [6, 6.07) is 6.92. The Kier molecular flexibility index (Phi) is 4.03. The van der Waals surface area contributed by atoms with Crippen molar-refractivity contribution in [3.8, 4) is 0 Å². The van der Waals surface area contributed by atoms with Crippen molar-refractivity contribution in [2.24, 2.45) is 5.92 Å². The van der Waals surface area contributed by atoms with Gasteiger partial charge in [0.25, 0.3) is 0 Å². The van der Waals surface area contributed by atoms with Gasteiger partial charge in [0.1, 0.15) is 0 Å². The van der Waals surface area contributed by atoms with Crippen molar-refractivity contribution in [3.05, 3.63) is 34.9 Å². The fourth-order valence-corrected chi connectivity index (χ4v) is 4.73. The predicted molar refractivity (Wildman–Crippen MR) is 96.2 cm³/mol. The van der Waals surface area contributed by atoms with Crippen LogP contribution >= 0.6 is 0 Å². The number of rotatable bonds is 3. The van der Waals surface area contributed by atoms with Crippen molar-refractivity contribution in [2.75, 3.05) is 26.7 Å². The van der Waals surface area contributed by atoms with Crippen LogP contribution in [0.3, 0.4) is 0 Å². The van der Waals surface area contributed by atoms with E-state index in [1.807, 2.05) is 0 Å². The standard InChI is InChI=1S/C20H29N3O/c1-14-3-6-17-16(11-14)18(22-19(24)21-2)12-20(17)7-9-23(10-8-20)13-15-4-5-15/h3,6,11,15,18H,4-5,7-10,12-13H2,1-2H3,(H2,21,22,24). The van der Waals surface area contributed by atoms with E-state index in [9.17, 15) is 4.79 Å². The van der Waals surface area contributed by atoms with Crippen LogP contribution in [-0.4, -0.2) is 37.6 Å². The molecule has 1 unspecified atom stereocenters. The van der Waals surface area contributed by atoms with Crippen molar-refractivity contribution in [1.82, 2.24) is 15.5 Å². The fourth-order valence-electron chi connectivity index (χ4n) is 4.73. The van der Waals surface area contributed by atoms with Crippen molar-refractivity contribution in [3.63, 3.8) is 0 Å². The Hall–Kier alpha value is -1.55. The van der Waals surface area contributed by atoms with Gasteiger partial charge in [-0.3, -0.25) is 0 Å². The highest BCUT2D eigenvalue weighted by Crippen LogP contribution is 2.51. The molecule has 4 heteroatoms. The number of carbonyl (C=O) groups excluding carboxylic acids is 1. The molecule has 1 atom stereocenters. The summed E-state index contributed by atoms with van der Waals surface area (Å²) < 4.78 is 0. The first-order valence-electron chi connectivity index (χ1n) is 9.41. The predicted octanol–water partition coefficient (Wildman–Crippen LogP) is 3.11. The zero-order valence-corrected chi connectivity index (χ0v) is 14.9. The second kappa shape index (κ2) is 6.07. The van der Waals surface area contributed by atoms with Crippen molar-refractivity contribution in [1.29, 1.82) is 0 Å². The molecule has 4 rings (SSSR count). The van der Waals surface area contributed by atoms with Gasteiger partial charge in [-0.05, 0) is 69.2 Å². The molecular formula is C20H29N3O. The van der Waals surface area contributed by atoms with Crippen LogP contribution in [0.25, 0.3) is 0 Å². The number of fused-ring (bicyclic) bond motifs is 2. The first-order valence-corrected chi connectivity index (χ1v) is 9.41. The second-order valence-electron chi connectivity index (χ2n) is 8.10. The van der Waals surface area contributed by atoms with Crippen LogP contribution < -0.4 is 10.6 Å². The molecule has 0 aromatic heterocycles. The maximum Gasteiger partial charge on any atom is 0.315 e. The fraction of sp³-hybridized carbons (Fsp3) is 0.650. The monoisotopic (exact) mass is 327 g/mol. The molecular weight excluding hydrogens is 298 g/mol. The van der Waals surface area contributed by atoms with Crippen molar-refractivity contribution in [2.45, 2.75) is 50.5 Å². The Morgan fingerprint density at radius 1 is 1.29 bits per heavy atom. The highest BCUT2D eigenvalue weighted by molar-refractivity contribution is 5.74. The number of benzene rings is 1. The average Bonchev–Trinajstić information content (AvgIpc) is 3.35. The zero-order chi connectivity index (χ0) is 16.7. The molecule has 2 fully saturated rings. The third-order valence-electron chi connectivity index (χ3n) is 6.31. The Morgan fingerprint density at radius 3 is 2.71 bits per heavy atom. The lowest BCUT2D eigenvalue weighted by molar-refractivity contribution is 0.148. The zero-order valence-electron chi connectivity index (χ0n) is 14.9. The number of nitrogens with zero attached hydrogens (tertiary/aromatic N) is 1. The number of likely N-dealkylation sites (tertiary alicyclic amines) is 1. The van der Waals surface area contributed by atoms with E-state index in [4.69, 9.17) is 0 Å². The van der Waals surface area contributed by atoms with Gasteiger partial charge in [0.2, 0.25) is 0 Å². The lowest BCUT2D eigenvalue weighted by atomic mass is 9.73. The van der Waals surface area contributed by atoms with Gasteiger partial charge in [-0.1, -0.05) is 23.8 Å². The van der Waals surface area contributed by atoms with E-state index in [1.165, 1.54) is 62.0 Å². The van der Waals surface area contributed by atoms with Gasteiger partial charge in [-0.25, -0.2) is 4.79 Å². The van der Waals surface area contributed by atoms with Crippen LogP contribution in [0.4, 0.5) is 4.79 Å². The molecule has 24 heavy (non-hydrogen) atoms. The second-order valence-corrected chi connectivity index (χ2v) is 8.10. The van der Waals surface area contributed by atoms with E-state index in [-0.39, 0.29) is 17.5 Å². The summed E-state index contributed by atoms with van der Waals surface area (Å²) in [5, 5.41) is 5.88. The van der Waals surface area contributed by atoms with Gasteiger partial charge in [0.05, 0.1) is 6.04 Å². The number of aryl methyl sites for hydroxylation is 1. The van der Waals surface area contributed by atoms with Crippen LogP contribution in [0.2, 0.25) is 0 Å². The van der Waals surface area contributed by atoms with Gasteiger partial charge in [0, 0.05) is 19.0 Å². The molecule has 130 valence electrons. The van der Waals surface area contributed by atoms with Crippen LogP contribution in [0.15, 0.2) is 18.2 Å². The van der Waals surface area contributed by atoms with Gasteiger partial charge in [-0.15, -0.1) is 0 Å². The number of piperidine rings is 1. The Labute approximate surface area is 145 Å². The summed E-state index contributed by atoms with van der Waals surface area (Å²) in [5.41, 5.74) is 4.37. The number of urea groups is 1. The van der Waals surface area contributed by atoms with E-state index in [1.54, 1.807) is 7.05 Å². The molecule has 0 bridgehead atoms. The SMILES string of the molecule is CNC(=O)NC1CC2(CCN(CC3CC3)CC2)c2ccc(C)cc21. The third kappa shape index (κ3) is 2.92. The van der Waals surface area contributed by atoms with E-state index in [2.05, 4.69) is 40.7 Å². The Bertz CT molecular complexity index is 630. The van der Waals surface area contributed by atoms with E-state index >= 15 is 0 Å². The maximum atomic E-state index is 11.9.